The molecule has 3 heteroatoms. The van der Waals surface area contributed by atoms with E-state index in [2.05, 4.69) is 10.1 Å². The number of aldehydes is 1. The number of allylic oxidation sites excluding steroid dienone is 1. The van der Waals surface area contributed by atoms with Gasteiger partial charge in [0.15, 0.2) is 0 Å². The van der Waals surface area contributed by atoms with Crippen LogP contribution in [0.4, 0.5) is 0 Å². The van der Waals surface area contributed by atoms with Crippen LogP contribution in [0.2, 0.25) is 0 Å². The SMILES string of the molecule is CC.COC.O=C/C=C/CNC1CCC1. The molecular weight excluding hydrogens is 190 g/mol. The molecule has 1 fully saturated rings. The molecule has 1 aliphatic carbocycles. The summed E-state index contributed by atoms with van der Waals surface area (Å²) in [5.41, 5.74) is 0. The van der Waals surface area contributed by atoms with E-state index in [0.29, 0.717) is 0 Å². The molecular formula is C12H25NO2. The number of nitrogens with one attached hydrogen (secondary N) is 1. The topological polar surface area (TPSA) is 38.3 Å². The first-order valence-corrected chi connectivity index (χ1v) is 5.59. The van der Waals surface area contributed by atoms with Gasteiger partial charge in [-0.3, -0.25) is 4.79 Å². The molecule has 1 aliphatic rings. The first-order chi connectivity index (χ1) is 7.35. The molecule has 0 aromatic carbocycles. The Labute approximate surface area is 93.9 Å². The molecule has 0 bridgehead atoms. The molecule has 1 N–H and O–H groups in total. The van der Waals surface area contributed by atoms with E-state index in [0.717, 1.165) is 18.9 Å². The van der Waals surface area contributed by atoms with Crippen molar-refractivity contribution in [1.82, 2.24) is 5.32 Å². The maximum Gasteiger partial charge on any atom is 0.142 e. The van der Waals surface area contributed by atoms with Crippen LogP contribution in [-0.4, -0.2) is 33.1 Å². The Kier molecular flexibility index (Phi) is 17.6. The maximum atomic E-state index is 9.82. The number of rotatable bonds is 4. The van der Waals surface area contributed by atoms with Gasteiger partial charge in [-0.2, -0.15) is 0 Å². The number of methoxy groups -OCH3 is 1. The van der Waals surface area contributed by atoms with Gasteiger partial charge < -0.3 is 10.1 Å². The van der Waals surface area contributed by atoms with Gasteiger partial charge in [0.25, 0.3) is 0 Å². The van der Waals surface area contributed by atoms with Gasteiger partial charge in [0.1, 0.15) is 6.29 Å². The molecule has 0 saturated heterocycles. The molecule has 0 amide bonds. The molecule has 0 spiro atoms. The van der Waals surface area contributed by atoms with E-state index in [1.54, 1.807) is 14.2 Å². The van der Waals surface area contributed by atoms with Crippen molar-refractivity contribution in [2.45, 2.75) is 39.2 Å². The van der Waals surface area contributed by atoms with E-state index in [-0.39, 0.29) is 0 Å². The Morgan fingerprint density at radius 2 is 1.87 bits per heavy atom. The van der Waals surface area contributed by atoms with E-state index in [1.807, 2.05) is 19.9 Å². The quantitative estimate of drug-likeness (QED) is 0.577. The van der Waals surface area contributed by atoms with Crippen molar-refractivity contribution >= 4 is 6.29 Å². The summed E-state index contributed by atoms with van der Waals surface area (Å²) in [6, 6.07) is 0.719. The van der Waals surface area contributed by atoms with Gasteiger partial charge in [0, 0.05) is 26.8 Å². The van der Waals surface area contributed by atoms with Gasteiger partial charge in [0.05, 0.1) is 0 Å². The lowest BCUT2D eigenvalue weighted by Crippen LogP contribution is -2.34. The van der Waals surface area contributed by atoms with Crippen molar-refractivity contribution in [1.29, 1.82) is 0 Å². The standard InChI is InChI=1S/C8H13NO.C2H6O.C2H6/c10-7-2-1-6-9-8-4-3-5-8;1-3-2;1-2/h1-2,7-9H,3-6H2;1-2H3;1-2H3/b2-1+;;. The highest BCUT2D eigenvalue weighted by molar-refractivity contribution is 5.64. The monoisotopic (exact) mass is 215 g/mol. The van der Waals surface area contributed by atoms with Crippen molar-refractivity contribution in [2.24, 2.45) is 0 Å². The Morgan fingerprint density at radius 3 is 2.20 bits per heavy atom. The highest BCUT2D eigenvalue weighted by Crippen LogP contribution is 2.17. The van der Waals surface area contributed by atoms with Gasteiger partial charge in [-0.05, 0) is 18.9 Å². The van der Waals surface area contributed by atoms with Gasteiger partial charge in [-0.1, -0.05) is 26.3 Å². The number of hydrogen-bond donors (Lipinski definition) is 1. The molecule has 90 valence electrons. The van der Waals surface area contributed by atoms with Crippen LogP contribution >= 0.6 is 0 Å². The Bertz CT molecular complexity index is 143. The van der Waals surface area contributed by atoms with Crippen LogP contribution in [0, 0.1) is 0 Å². The van der Waals surface area contributed by atoms with Crippen molar-refractivity contribution in [3.05, 3.63) is 12.2 Å². The summed E-state index contributed by atoms with van der Waals surface area (Å²) in [5.74, 6) is 0. The van der Waals surface area contributed by atoms with Gasteiger partial charge in [0.2, 0.25) is 0 Å². The fraction of sp³-hybridized carbons (Fsp3) is 0.750. The average molecular weight is 215 g/mol. The number of carbonyl (C=O) groups excluding carboxylic acids is 1. The lowest BCUT2D eigenvalue weighted by molar-refractivity contribution is -0.104. The molecule has 0 radical (unpaired) electrons. The van der Waals surface area contributed by atoms with Crippen molar-refractivity contribution in [2.75, 3.05) is 20.8 Å². The highest BCUT2D eigenvalue weighted by atomic mass is 16.4. The van der Waals surface area contributed by atoms with Crippen LogP contribution in [0.25, 0.3) is 0 Å². The Morgan fingerprint density at radius 1 is 1.33 bits per heavy atom. The van der Waals surface area contributed by atoms with Crippen LogP contribution in [0.15, 0.2) is 12.2 Å². The van der Waals surface area contributed by atoms with E-state index in [9.17, 15) is 4.79 Å². The van der Waals surface area contributed by atoms with Gasteiger partial charge >= 0.3 is 0 Å². The second-order valence-electron chi connectivity index (χ2n) is 3.01. The minimum absolute atomic E-state index is 0.719. The summed E-state index contributed by atoms with van der Waals surface area (Å²) in [4.78, 5) is 9.82. The minimum Gasteiger partial charge on any atom is -0.388 e. The Balaban J connectivity index is 0. The Hall–Kier alpha value is -0.670. The van der Waals surface area contributed by atoms with E-state index >= 15 is 0 Å². The predicted molar refractivity (Wildman–Crippen MR) is 65.1 cm³/mol. The number of ether oxygens (including phenoxy) is 1. The van der Waals surface area contributed by atoms with Crippen LogP contribution in [0.5, 0.6) is 0 Å². The fourth-order valence-corrected chi connectivity index (χ4v) is 0.971. The fourth-order valence-electron chi connectivity index (χ4n) is 0.971. The second kappa shape index (κ2) is 15.8. The zero-order valence-corrected chi connectivity index (χ0v) is 10.5. The molecule has 3 nitrogen and oxygen atoms in total. The summed E-state index contributed by atoms with van der Waals surface area (Å²) >= 11 is 0. The molecule has 15 heavy (non-hydrogen) atoms. The van der Waals surface area contributed by atoms with Crippen LogP contribution in [0.3, 0.4) is 0 Å². The van der Waals surface area contributed by atoms with E-state index in [1.165, 1.54) is 25.3 Å². The lowest BCUT2D eigenvalue weighted by atomic mass is 9.93. The maximum absolute atomic E-state index is 9.82. The summed E-state index contributed by atoms with van der Waals surface area (Å²) in [7, 11) is 3.25. The zero-order valence-electron chi connectivity index (χ0n) is 10.5. The number of carbonyl (C=O) groups is 1. The zero-order chi connectivity index (χ0) is 11.9. The smallest absolute Gasteiger partial charge is 0.142 e. The molecule has 0 atom stereocenters. The van der Waals surface area contributed by atoms with Crippen LogP contribution in [-0.2, 0) is 9.53 Å². The average Bonchev–Trinajstić information content (AvgIpc) is 2.19. The molecule has 0 aromatic heterocycles. The second-order valence-corrected chi connectivity index (χ2v) is 3.01. The highest BCUT2D eigenvalue weighted by Gasteiger charge is 2.14. The third-order valence-electron chi connectivity index (χ3n) is 1.84. The van der Waals surface area contributed by atoms with Gasteiger partial charge in [-0.15, -0.1) is 0 Å². The molecule has 0 heterocycles. The lowest BCUT2D eigenvalue weighted by Gasteiger charge is -2.25. The van der Waals surface area contributed by atoms with Crippen molar-refractivity contribution in [3.8, 4) is 0 Å². The molecule has 0 aromatic rings. The summed E-state index contributed by atoms with van der Waals surface area (Å²) in [5, 5.41) is 3.31. The first kappa shape index (κ1) is 16.7. The third-order valence-corrected chi connectivity index (χ3v) is 1.84. The minimum atomic E-state index is 0.719. The van der Waals surface area contributed by atoms with Gasteiger partial charge in [-0.25, -0.2) is 0 Å². The molecule has 1 saturated carbocycles. The van der Waals surface area contributed by atoms with Crippen molar-refractivity contribution in [3.63, 3.8) is 0 Å². The summed E-state index contributed by atoms with van der Waals surface area (Å²) < 4.78 is 4.25. The van der Waals surface area contributed by atoms with E-state index in [4.69, 9.17) is 0 Å². The molecule has 0 aliphatic heterocycles. The molecule has 0 unspecified atom stereocenters. The van der Waals surface area contributed by atoms with Crippen LogP contribution in [0.1, 0.15) is 33.1 Å². The normalized spacial score (nSPS) is 14.4. The summed E-state index contributed by atoms with van der Waals surface area (Å²) in [6.07, 6.45) is 8.15. The number of hydrogen-bond acceptors (Lipinski definition) is 3. The third kappa shape index (κ3) is 13.3. The molecule has 1 rings (SSSR count). The summed E-state index contributed by atoms with van der Waals surface area (Å²) in [6.45, 7) is 4.84. The van der Waals surface area contributed by atoms with Crippen LogP contribution < -0.4 is 5.32 Å². The first-order valence-electron chi connectivity index (χ1n) is 5.59. The van der Waals surface area contributed by atoms with Crippen molar-refractivity contribution < 1.29 is 9.53 Å². The predicted octanol–water partition coefficient (Wildman–Crippen LogP) is 2.17. The largest absolute Gasteiger partial charge is 0.388 e. The van der Waals surface area contributed by atoms with E-state index < -0.39 is 0 Å².